The summed E-state index contributed by atoms with van der Waals surface area (Å²) < 4.78 is 0. The van der Waals surface area contributed by atoms with Crippen molar-refractivity contribution < 1.29 is 4.79 Å². The van der Waals surface area contributed by atoms with Crippen LogP contribution in [0, 0.1) is 5.92 Å². The van der Waals surface area contributed by atoms with Crippen molar-refractivity contribution in [3.63, 3.8) is 0 Å². The van der Waals surface area contributed by atoms with Gasteiger partial charge in [-0.25, -0.2) is 0 Å². The Morgan fingerprint density at radius 2 is 1.86 bits per heavy atom. The van der Waals surface area contributed by atoms with Gasteiger partial charge in [0.15, 0.2) is 0 Å². The molecule has 0 saturated heterocycles. The highest BCUT2D eigenvalue weighted by Crippen LogP contribution is 2.11. The standard InChI is InChI=1S/C12H23NO/c1-3-4-5-6-7-8-9-10-11(2)12(13)14/h3,11H,1,4-10H2,2H3,(H2,13,14). The van der Waals surface area contributed by atoms with Crippen LogP contribution in [0.25, 0.3) is 0 Å². The molecule has 0 bridgehead atoms. The lowest BCUT2D eigenvalue weighted by molar-refractivity contribution is -0.121. The predicted molar refractivity (Wildman–Crippen MR) is 60.9 cm³/mol. The SMILES string of the molecule is C=CCCCCCCCC(C)C(N)=O. The molecule has 0 spiro atoms. The first-order valence-electron chi connectivity index (χ1n) is 5.58. The highest BCUT2D eigenvalue weighted by atomic mass is 16.1. The van der Waals surface area contributed by atoms with Gasteiger partial charge >= 0.3 is 0 Å². The third kappa shape index (κ3) is 7.84. The second-order valence-corrected chi connectivity index (χ2v) is 3.94. The summed E-state index contributed by atoms with van der Waals surface area (Å²) in [5.41, 5.74) is 5.17. The van der Waals surface area contributed by atoms with Gasteiger partial charge in [0.25, 0.3) is 0 Å². The van der Waals surface area contributed by atoms with E-state index in [2.05, 4.69) is 6.58 Å². The molecule has 1 amide bonds. The highest BCUT2D eigenvalue weighted by Gasteiger charge is 2.06. The Balaban J connectivity index is 3.13. The first kappa shape index (κ1) is 13.2. The Labute approximate surface area is 87.6 Å². The second kappa shape index (κ2) is 8.79. The van der Waals surface area contributed by atoms with Gasteiger partial charge in [-0.15, -0.1) is 6.58 Å². The minimum atomic E-state index is -0.170. The summed E-state index contributed by atoms with van der Waals surface area (Å²) in [5.74, 6) is -0.125. The van der Waals surface area contributed by atoms with Crippen molar-refractivity contribution in [1.82, 2.24) is 0 Å². The fourth-order valence-electron chi connectivity index (χ4n) is 1.41. The van der Waals surface area contributed by atoms with E-state index in [1.165, 1.54) is 25.7 Å². The molecule has 2 N–H and O–H groups in total. The number of unbranched alkanes of at least 4 members (excludes halogenated alkanes) is 5. The summed E-state index contributed by atoms with van der Waals surface area (Å²) in [7, 11) is 0. The van der Waals surface area contributed by atoms with Crippen molar-refractivity contribution in [3.05, 3.63) is 12.7 Å². The molecule has 1 unspecified atom stereocenters. The number of primary amides is 1. The Morgan fingerprint density at radius 3 is 2.43 bits per heavy atom. The van der Waals surface area contributed by atoms with Crippen molar-refractivity contribution in [1.29, 1.82) is 0 Å². The molecular formula is C12H23NO. The van der Waals surface area contributed by atoms with E-state index in [-0.39, 0.29) is 11.8 Å². The van der Waals surface area contributed by atoms with Gasteiger partial charge in [0.1, 0.15) is 0 Å². The molecule has 0 radical (unpaired) electrons. The van der Waals surface area contributed by atoms with Crippen LogP contribution in [0.5, 0.6) is 0 Å². The fourth-order valence-corrected chi connectivity index (χ4v) is 1.41. The molecule has 0 heterocycles. The first-order chi connectivity index (χ1) is 6.68. The molecule has 0 aromatic heterocycles. The molecule has 0 aromatic rings. The molecular weight excluding hydrogens is 174 g/mol. The monoisotopic (exact) mass is 197 g/mol. The van der Waals surface area contributed by atoms with Gasteiger partial charge in [-0.05, 0) is 19.3 Å². The van der Waals surface area contributed by atoms with Crippen molar-refractivity contribution >= 4 is 5.91 Å². The van der Waals surface area contributed by atoms with Crippen LogP contribution in [0.3, 0.4) is 0 Å². The highest BCUT2D eigenvalue weighted by molar-refractivity contribution is 5.76. The number of hydrogen-bond donors (Lipinski definition) is 1. The lowest BCUT2D eigenvalue weighted by atomic mass is 10.0. The van der Waals surface area contributed by atoms with Gasteiger partial charge in [0, 0.05) is 5.92 Å². The third-order valence-corrected chi connectivity index (χ3v) is 2.53. The molecule has 0 saturated carbocycles. The van der Waals surface area contributed by atoms with Crippen LogP contribution in [-0.4, -0.2) is 5.91 Å². The molecule has 2 heteroatoms. The van der Waals surface area contributed by atoms with E-state index in [9.17, 15) is 4.79 Å². The smallest absolute Gasteiger partial charge is 0.220 e. The summed E-state index contributed by atoms with van der Waals surface area (Å²) in [4.78, 5) is 10.7. The number of rotatable bonds is 9. The zero-order chi connectivity index (χ0) is 10.8. The quantitative estimate of drug-likeness (QED) is 0.448. The van der Waals surface area contributed by atoms with Gasteiger partial charge in [-0.2, -0.15) is 0 Å². The maximum atomic E-state index is 10.7. The van der Waals surface area contributed by atoms with Crippen LogP contribution < -0.4 is 5.73 Å². The van der Waals surface area contributed by atoms with Crippen LogP contribution in [0.1, 0.15) is 51.9 Å². The number of amides is 1. The van der Waals surface area contributed by atoms with Crippen LogP contribution in [0.15, 0.2) is 12.7 Å². The van der Waals surface area contributed by atoms with Gasteiger partial charge in [-0.3, -0.25) is 4.79 Å². The van der Waals surface area contributed by atoms with E-state index in [1.807, 2.05) is 13.0 Å². The average molecular weight is 197 g/mol. The first-order valence-corrected chi connectivity index (χ1v) is 5.58. The van der Waals surface area contributed by atoms with E-state index in [1.54, 1.807) is 0 Å². The van der Waals surface area contributed by atoms with E-state index in [4.69, 9.17) is 5.73 Å². The molecule has 14 heavy (non-hydrogen) atoms. The average Bonchev–Trinajstić information content (AvgIpc) is 2.16. The number of nitrogens with two attached hydrogens (primary N) is 1. The zero-order valence-corrected chi connectivity index (χ0v) is 9.30. The molecule has 0 aliphatic heterocycles. The van der Waals surface area contributed by atoms with E-state index >= 15 is 0 Å². The lowest BCUT2D eigenvalue weighted by Crippen LogP contribution is -2.20. The summed E-state index contributed by atoms with van der Waals surface area (Å²) in [6, 6.07) is 0. The van der Waals surface area contributed by atoms with Crippen LogP contribution in [-0.2, 0) is 4.79 Å². The zero-order valence-electron chi connectivity index (χ0n) is 9.30. The van der Waals surface area contributed by atoms with Crippen molar-refractivity contribution in [3.8, 4) is 0 Å². The largest absolute Gasteiger partial charge is 0.369 e. The predicted octanol–water partition coefficient (Wildman–Crippen LogP) is 3.02. The molecule has 82 valence electrons. The Bertz CT molecular complexity index is 166. The van der Waals surface area contributed by atoms with Gasteiger partial charge < -0.3 is 5.73 Å². The molecule has 2 nitrogen and oxygen atoms in total. The summed E-state index contributed by atoms with van der Waals surface area (Å²) in [6.07, 6.45) is 10.2. The van der Waals surface area contributed by atoms with Crippen LogP contribution in [0.2, 0.25) is 0 Å². The number of carbonyl (C=O) groups is 1. The minimum Gasteiger partial charge on any atom is -0.369 e. The number of allylic oxidation sites excluding steroid dienone is 1. The second-order valence-electron chi connectivity index (χ2n) is 3.94. The lowest BCUT2D eigenvalue weighted by Gasteiger charge is -2.05. The van der Waals surface area contributed by atoms with Gasteiger partial charge in [0.2, 0.25) is 5.91 Å². The van der Waals surface area contributed by atoms with E-state index in [0.29, 0.717) is 0 Å². The summed E-state index contributed by atoms with van der Waals surface area (Å²) in [6.45, 7) is 5.59. The maximum Gasteiger partial charge on any atom is 0.220 e. The Hall–Kier alpha value is -0.790. The van der Waals surface area contributed by atoms with Gasteiger partial charge in [0.05, 0.1) is 0 Å². The molecule has 1 atom stereocenters. The number of hydrogen-bond acceptors (Lipinski definition) is 1. The van der Waals surface area contributed by atoms with Crippen molar-refractivity contribution in [2.45, 2.75) is 51.9 Å². The fraction of sp³-hybridized carbons (Fsp3) is 0.750. The summed E-state index contributed by atoms with van der Waals surface area (Å²) in [5, 5.41) is 0. The molecule has 0 fully saturated rings. The Morgan fingerprint density at radius 1 is 1.29 bits per heavy atom. The Kier molecular flexibility index (Phi) is 8.30. The molecule has 0 aliphatic rings. The van der Waals surface area contributed by atoms with Crippen LogP contribution >= 0.6 is 0 Å². The van der Waals surface area contributed by atoms with E-state index in [0.717, 1.165) is 19.3 Å². The van der Waals surface area contributed by atoms with E-state index < -0.39 is 0 Å². The van der Waals surface area contributed by atoms with Crippen LogP contribution in [0.4, 0.5) is 0 Å². The normalized spacial score (nSPS) is 12.4. The summed E-state index contributed by atoms with van der Waals surface area (Å²) >= 11 is 0. The number of carbonyl (C=O) groups excluding carboxylic acids is 1. The topological polar surface area (TPSA) is 43.1 Å². The molecule has 0 rings (SSSR count). The minimum absolute atomic E-state index is 0.0446. The maximum absolute atomic E-state index is 10.7. The van der Waals surface area contributed by atoms with Crippen molar-refractivity contribution in [2.75, 3.05) is 0 Å². The molecule has 0 aromatic carbocycles. The van der Waals surface area contributed by atoms with Gasteiger partial charge in [-0.1, -0.05) is 38.7 Å². The molecule has 0 aliphatic carbocycles. The third-order valence-electron chi connectivity index (χ3n) is 2.53. The van der Waals surface area contributed by atoms with Crippen molar-refractivity contribution in [2.24, 2.45) is 11.7 Å².